The molecule has 1 aliphatic rings. The molecule has 5 nitrogen and oxygen atoms in total. The molecule has 6 heteroatoms. The summed E-state index contributed by atoms with van der Waals surface area (Å²) in [6.45, 7) is 3.17. The maximum atomic E-state index is 5.86. The second-order valence-electron chi connectivity index (χ2n) is 4.65. The second kappa shape index (κ2) is 3.84. The number of imidazole rings is 1. The van der Waals surface area contributed by atoms with E-state index in [1.165, 1.54) is 19.3 Å². The van der Waals surface area contributed by atoms with Gasteiger partial charge in [0.05, 0.1) is 6.33 Å². The number of rotatable bonds is 4. The molecule has 0 bridgehead atoms. The van der Waals surface area contributed by atoms with Gasteiger partial charge in [-0.1, -0.05) is 6.92 Å². The van der Waals surface area contributed by atoms with Crippen LogP contribution in [0.1, 0.15) is 26.2 Å². The third-order valence-corrected chi connectivity index (χ3v) is 3.77. The maximum absolute atomic E-state index is 5.86. The second-order valence-corrected chi connectivity index (χ2v) is 4.99. The molecule has 0 unspecified atom stereocenters. The summed E-state index contributed by atoms with van der Waals surface area (Å²) in [5.41, 5.74) is 1.89. The molecule has 1 aliphatic carbocycles. The van der Waals surface area contributed by atoms with E-state index in [2.05, 4.69) is 32.2 Å². The van der Waals surface area contributed by atoms with Gasteiger partial charge < -0.3 is 10.3 Å². The number of hydrogen-bond acceptors (Lipinski definition) is 4. The SMILES string of the molecule is CCC1(CNc2nc(Cl)nc3nc[nH]c23)CC1. The summed E-state index contributed by atoms with van der Waals surface area (Å²) >= 11 is 5.86. The molecule has 1 saturated carbocycles. The predicted molar refractivity (Wildman–Crippen MR) is 67.1 cm³/mol. The van der Waals surface area contributed by atoms with Gasteiger partial charge in [-0.3, -0.25) is 0 Å². The average molecular weight is 252 g/mol. The Hall–Kier alpha value is -1.36. The van der Waals surface area contributed by atoms with Gasteiger partial charge in [-0.05, 0) is 36.3 Å². The van der Waals surface area contributed by atoms with Gasteiger partial charge in [0.15, 0.2) is 11.5 Å². The van der Waals surface area contributed by atoms with Gasteiger partial charge in [-0.2, -0.15) is 9.97 Å². The number of H-pyrrole nitrogens is 1. The zero-order valence-corrected chi connectivity index (χ0v) is 10.4. The van der Waals surface area contributed by atoms with Crippen molar-refractivity contribution in [2.45, 2.75) is 26.2 Å². The lowest BCUT2D eigenvalue weighted by Gasteiger charge is -2.14. The molecule has 17 heavy (non-hydrogen) atoms. The Morgan fingerprint density at radius 1 is 1.47 bits per heavy atom. The Balaban J connectivity index is 1.86. The van der Waals surface area contributed by atoms with E-state index < -0.39 is 0 Å². The molecule has 0 aliphatic heterocycles. The molecule has 0 amide bonds. The topological polar surface area (TPSA) is 66.5 Å². The molecule has 0 saturated heterocycles. The number of halogens is 1. The molecule has 2 aromatic rings. The highest BCUT2D eigenvalue weighted by Crippen LogP contribution is 2.48. The van der Waals surface area contributed by atoms with Crippen molar-refractivity contribution >= 4 is 28.6 Å². The van der Waals surface area contributed by atoms with E-state index >= 15 is 0 Å². The molecule has 3 rings (SSSR count). The van der Waals surface area contributed by atoms with Gasteiger partial charge in [-0.25, -0.2) is 4.98 Å². The zero-order chi connectivity index (χ0) is 11.9. The van der Waals surface area contributed by atoms with Crippen LogP contribution in [0.3, 0.4) is 0 Å². The normalized spacial score (nSPS) is 17.3. The average Bonchev–Trinajstić information content (AvgIpc) is 2.96. The van der Waals surface area contributed by atoms with E-state index in [4.69, 9.17) is 11.6 Å². The van der Waals surface area contributed by atoms with E-state index in [0.29, 0.717) is 11.1 Å². The van der Waals surface area contributed by atoms with E-state index in [-0.39, 0.29) is 5.28 Å². The molecule has 2 N–H and O–H groups in total. The summed E-state index contributed by atoms with van der Waals surface area (Å²) in [5.74, 6) is 0.747. The number of aromatic amines is 1. The molecule has 1 fully saturated rings. The number of fused-ring (bicyclic) bond motifs is 1. The first-order chi connectivity index (χ1) is 8.22. The van der Waals surface area contributed by atoms with Crippen molar-refractivity contribution in [3.05, 3.63) is 11.6 Å². The smallest absolute Gasteiger partial charge is 0.226 e. The van der Waals surface area contributed by atoms with Crippen LogP contribution in [0.2, 0.25) is 5.28 Å². The Labute approximate surface area is 104 Å². The van der Waals surface area contributed by atoms with Crippen LogP contribution in [0.4, 0.5) is 5.82 Å². The maximum Gasteiger partial charge on any atom is 0.226 e. The van der Waals surface area contributed by atoms with Crippen LogP contribution < -0.4 is 5.32 Å². The first-order valence-corrected chi connectivity index (χ1v) is 6.21. The predicted octanol–water partition coefficient (Wildman–Crippen LogP) is 2.61. The molecule has 2 heterocycles. The Morgan fingerprint density at radius 3 is 3.00 bits per heavy atom. The number of nitrogens with zero attached hydrogens (tertiary/aromatic N) is 3. The minimum absolute atomic E-state index is 0.230. The molecule has 0 atom stereocenters. The van der Waals surface area contributed by atoms with Crippen LogP contribution in [0.25, 0.3) is 11.2 Å². The fourth-order valence-electron chi connectivity index (χ4n) is 2.04. The van der Waals surface area contributed by atoms with Crippen molar-refractivity contribution in [3.8, 4) is 0 Å². The van der Waals surface area contributed by atoms with Crippen LogP contribution in [-0.4, -0.2) is 26.5 Å². The molecular weight excluding hydrogens is 238 g/mol. The summed E-state index contributed by atoms with van der Waals surface area (Å²) in [7, 11) is 0. The Morgan fingerprint density at radius 2 is 2.29 bits per heavy atom. The van der Waals surface area contributed by atoms with Gasteiger partial charge in [0.2, 0.25) is 5.28 Å². The fraction of sp³-hybridized carbons (Fsp3) is 0.545. The zero-order valence-electron chi connectivity index (χ0n) is 9.63. The number of hydrogen-bond donors (Lipinski definition) is 2. The Kier molecular flexibility index (Phi) is 2.43. The van der Waals surface area contributed by atoms with E-state index in [0.717, 1.165) is 17.9 Å². The molecular formula is C11H14ClN5. The highest BCUT2D eigenvalue weighted by atomic mass is 35.5. The summed E-state index contributed by atoms with van der Waals surface area (Å²) in [4.78, 5) is 15.4. The third kappa shape index (κ3) is 1.95. The molecule has 0 aromatic carbocycles. The van der Waals surface area contributed by atoms with Crippen LogP contribution in [0, 0.1) is 5.41 Å². The molecule has 0 spiro atoms. The van der Waals surface area contributed by atoms with Crippen LogP contribution in [0.15, 0.2) is 6.33 Å². The monoisotopic (exact) mass is 251 g/mol. The standard InChI is InChI=1S/C11H14ClN5/c1-2-11(3-4-11)5-13-8-7-9(15-6-14-7)17-10(12)16-8/h6H,2-5H2,1H3,(H2,13,14,15,16,17). The summed E-state index contributed by atoms with van der Waals surface area (Å²) in [5, 5.41) is 3.59. The van der Waals surface area contributed by atoms with Crippen molar-refractivity contribution in [1.29, 1.82) is 0 Å². The van der Waals surface area contributed by atoms with E-state index in [1.54, 1.807) is 6.33 Å². The molecule has 90 valence electrons. The lowest BCUT2D eigenvalue weighted by molar-refractivity contribution is 0.521. The van der Waals surface area contributed by atoms with Crippen molar-refractivity contribution in [2.24, 2.45) is 5.41 Å². The van der Waals surface area contributed by atoms with Crippen molar-refractivity contribution in [1.82, 2.24) is 19.9 Å². The first kappa shape index (κ1) is 10.8. The highest BCUT2D eigenvalue weighted by Gasteiger charge is 2.40. The molecule has 2 aromatic heterocycles. The lowest BCUT2D eigenvalue weighted by atomic mass is 10.0. The van der Waals surface area contributed by atoms with Gasteiger partial charge in [0.25, 0.3) is 0 Å². The number of aromatic nitrogens is 4. The molecule has 0 radical (unpaired) electrons. The fourth-order valence-corrected chi connectivity index (χ4v) is 2.20. The van der Waals surface area contributed by atoms with Crippen molar-refractivity contribution in [2.75, 3.05) is 11.9 Å². The summed E-state index contributed by atoms with van der Waals surface area (Å²) in [6, 6.07) is 0. The van der Waals surface area contributed by atoms with Gasteiger partial charge in [0, 0.05) is 6.54 Å². The largest absolute Gasteiger partial charge is 0.368 e. The van der Waals surface area contributed by atoms with Crippen molar-refractivity contribution < 1.29 is 0 Å². The van der Waals surface area contributed by atoms with Crippen LogP contribution in [-0.2, 0) is 0 Å². The third-order valence-electron chi connectivity index (χ3n) is 3.60. The van der Waals surface area contributed by atoms with Gasteiger partial charge in [0.1, 0.15) is 5.52 Å². The van der Waals surface area contributed by atoms with E-state index in [9.17, 15) is 0 Å². The lowest BCUT2D eigenvalue weighted by Crippen LogP contribution is -2.15. The Bertz CT molecular complexity index is 546. The van der Waals surface area contributed by atoms with Crippen LogP contribution in [0.5, 0.6) is 0 Å². The minimum atomic E-state index is 0.230. The highest BCUT2D eigenvalue weighted by molar-refractivity contribution is 6.28. The number of anilines is 1. The summed E-state index contributed by atoms with van der Waals surface area (Å²) in [6.07, 6.45) is 5.39. The minimum Gasteiger partial charge on any atom is -0.368 e. The summed E-state index contributed by atoms with van der Waals surface area (Å²) < 4.78 is 0. The van der Waals surface area contributed by atoms with Crippen LogP contribution >= 0.6 is 11.6 Å². The van der Waals surface area contributed by atoms with Gasteiger partial charge in [-0.15, -0.1) is 0 Å². The van der Waals surface area contributed by atoms with Gasteiger partial charge >= 0.3 is 0 Å². The quantitative estimate of drug-likeness (QED) is 0.820. The number of nitrogens with one attached hydrogen (secondary N) is 2. The first-order valence-electron chi connectivity index (χ1n) is 5.83. The van der Waals surface area contributed by atoms with E-state index in [1.807, 2.05) is 0 Å². The van der Waals surface area contributed by atoms with Crippen molar-refractivity contribution in [3.63, 3.8) is 0 Å².